The molecule has 18 heavy (non-hydrogen) atoms. The van der Waals surface area contributed by atoms with Gasteiger partial charge in [0.25, 0.3) is 0 Å². The van der Waals surface area contributed by atoms with Crippen molar-refractivity contribution in [2.45, 2.75) is 13.0 Å². The largest absolute Gasteiger partial charge is 0.393 e. The van der Waals surface area contributed by atoms with Crippen LogP contribution in [-0.4, -0.2) is 28.5 Å². The molecule has 0 atom stereocenters. The molecule has 0 unspecified atom stereocenters. The first-order chi connectivity index (χ1) is 8.65. The van der Waals surface area contributed by atoms with E-state index in [0.717, 1.165) is 25.0 Å². The zero-order valence-corrected chi connectivity index (χ0v) is 11.3. The smallest absolute Gasteiger partial charge is 0.0740 e. The number of hydrogen-bond donors (Lipinski definition) is 1. The van der Waals surface area contributed by atoms with Gasteiger partial charge in [-0.25, -0.2) is 0 Å². The molecule has 1 heterocycles. The number of nitrogens with two attached hydrogens (primary N) is 1. The fourth-order valence-corrected chi connectivity index (χ4v) is 1.99. The molecular formula is C14H17N3S. The minimum atomic E-state index is 0.568. The van der Waals surface area contributed by atoms with Gasteiger partial charge in [-0.3, -0.25) is 4.98 Å². The molecule has 3 nitrogen and oxygen atoms in total. The van der Waals surface area contributed by atoms with Crippen LogP contribution in [0.5, 0.6) is 0 Å². The lowest BCUT2D eigenvalue weighted by Gasteiger charge is -2.16. The molecule has 1 aromatic heterocycles. The number of thiocarbonyl (C=S) groups is 1. The van der Waals surface area contributed by atoms with Crippen molar-refractivity contribution >= 4 is 28.1 Å². The van der Waals surface area contributed by atoms with Gasteiger partial charge in [0.2, 0.25) is 0 Å². The van der Waals surface area contributed by atoms with Crippen molar-refractivity contribution in [2.24, 2.45) is 5.73 Å². The van der Waals surface area contributed by atoms with Gasteiger partial charge >= 0.3 is 0 Å². The van der Waals surface area contributed by atoms with Crippen molar-refractivity contribution in [2.75, 3.05) is 13.6 Å². The van der Waals surface area contributed by atoms with Crippen LogP contribution in [-0.2, 0) is 6.54 Å². The Kier molecular flexibility index (Phi) is 4.23. The summed E-state index contributed by atoms with van der Waals surface area (Å²) in [5, 5.41) is 1.18. The third-order valence-corrected chi connectivity index (χ3v) is 3.04. The number of fused-ring (bicyclic) bond motifs is 1. The molecule has 0 aliphatic rings. The molecule has 2 N–H and O–H groups in total. The summed E-state index contributed by atoms with van der Waals surface area (Å²) < 4.78 is 0. The van der Waals surface area contributed by atoms with Crippen LogP contribution in [0.15, 0.2) is 36.5 Å². The van der Waals surface area contributed by atoms with Gasteiger partial charge in [-0.2, -0.15) is 0 Å². The molecule has 0 fully saturated rings. The fourth-order valence-electron chi connectivity index (χ4n) is 1.89. The van der Waals surface area contributed by atoms with E-state index in [1.165, 1.54) is 10.9 Å². The van der Waals surface area contributed by atoms with E-state index in [4.69, 9.17) is 18.0 Å². The maximum Gasteiger partial charge on any atom is 0.0740 e. The average Bonchev–Trinajstić information content (AvgIpc) is 2.36. The predicted molar refractivity (Wildman–Crippen MR) is 79.5 cm³/mol. The maximum absolute atomic E-state index is 5.50. The normalized spacial score (nSPS) is 11.0. The summed E-state index contributed by atoms with van der Waals surface area (Å²) in [7, 11) is 2.06. The molecule has 1 aromatic carbocycles. The Labute approximate surface area is 113 Å². The lowest BCUT2D eigenvalue weighted by Crippen LogP contribution is -2.23. The van der Waals surface area contributed by atoms with Gasteiger partial charge in [-0.15, -0.1) is 0 Å². The topological polar surface area (TPSA) is 42.1 Å². The Bertz CT molecular complexity index is 553. The standard InChI is InChI=1S/C14H17N3S/c1-17(7-6-14(15)18)10-11-8-12-4-2-3-5-13(12)16-9-11/h2-5,8-9H,6-7,10H2,1H3,(H2,15,18). The van der Waals surface area contributed by atoms with E-state index in [-0.39, 0.29) is 0 Å². The second-order valence-corrected chi connectivity index (χ2v) is 5.01. The van der Waals surface area contributed by atoms with E-state index in [1.54, 1.807) is 0 Å². The van der Waals surface area contributed by atoms with Gasteiger partial charge in [0, 0.05) is 31.1 Å². The molecule has 0 aliphatic carbocycles. The minimum absolute atomic E-state index is 0.568. The van der Waals surface area contributed by atoms with Crippen LogP contribution in [0, 0.1) is 0 Å². The summed E-state index contributed by atoms with van der Waals surface area (Å²) in [5.74, 6) is 0. The molecule has 2 aromatic rings. The molecule has 0 bridgehead atoms. The minimum Gasteiger partial charge on any atom is -0.393 e. The third-order valence-electron chi connectivity index (χ3n) is 2.84. The highest BCUT2D eigenvalue weighted by Crippen LogP contribution is 2.13. The highest BCUT2D eigenvalue weighted by molar-refractivity contribution is 7.80. The van der Waals surface area contributed by atoms with E-state index < -0.39 is 0 Å². The van der Waals surface area contributed by atoms with Crippen molar-refractivity contribution in [3.8, 4) is 0 Å². The Morgan fingerprint density at radius 1 is 1.39 bits per heavy atom. The summed E-state index contributed by atoms with van der Waals surface area (Å²) in [4.78, 5) is 7.22. The number of benzene rings is 1. The number of rotatable bonds is 5. The van der Waals surface area contributed by atoms with Crippen molar-refractivity contribution in [3.05, 3.63) is 42.1 Å². The Morgan fingerprint density at radius 2 is 2.17 bits per heavy atom. The molecule has 94 valence electrons. The summed E-state index contributed by atoms with van der Waals surface area (Å²) in [5.41, 5.74) is 7.74. The van der Waals surface area contributed by atoms with E-state index in [0.29, 0.717) is 4.99 Å². The molecule has 0 amide bonds. The molecule has 0 spiro atoms. The fraction of sp³-hybridized carbons (Fsp3) is 0.286. The van der Waals surface area contributed by atoms with Gasteiger partial charge in [0.1, 0.15) is 0 Å². The van der Waals surface area contributed by atoms with E-state index in [9.17, 15) is 0 Å². The monoisotopic (exact) mass is 259 g/mol. The molecule has 0 aliphatic heterocycles. The Morgan fingerprint density at radius 3 is 2.94 bits per heavy atom. The molecule has 0 radical (unpaired) electrons. The van der Waals surface area contributed by atoms with Crippen molar-refractivity contribution in [3.63, 3.8) is 0 Å². The van der Waals surface area contributed by atoms with E-state index in [2.05, 4.69) is 29.1 Å². The van der Waals surface area contributed by atoms with Crippen LogP contribution in [0.25, 0.3) is 10.9 Å². The highest BCUT2D eigenvalue weighted by Gasteiger charge is 2.02. The van der Waals surface area contributed by atoms with Crippen LogP contribution in [0.4, 0.5) is 0 Å². The number of pyridine rings is 1. The van der Waals surface area contributed by atoms with Crippen molar-refractivity contribution in [1.29, 1.82) is 0 Å². The third kappa shape index (κ3) is 3.48. The number of hydrogen-bond acceptors (Lipinski definition) is 3. The van der Waals surface area contributed by atoms with Crippen LogP contribution >= 0.6 is 12.2 Å². The maximum atomic E-state index is 5.50. The van der Waals surface area contributed by atoms with Gasteiger partial charge in [-0.05, 0) is 24.7 Å². The summed E-state index contributed by atoms with van der Waals surface area (Å²) in [6, 6.07) is 10.3. The summed E-state index contributed by atoms with van der Waals surface area (Å²) in [6.45, 7) is 1.74. The van der Waals surface area contributed by atoms with Crippen LogP contribution in [0.2, 0.25) is 0 Å². The molecule has 0 saturated heterocycles. The molecule has 0 saturated carbocycles. The second kappa shape index (κ2) is 5.89. The molecule has 4 heteroatoms. The summed E-state index contributed by atoms with van der Waals surface area (Å²) in [6.07, 6.45) is 2.69. The van der Waals surface area contributed by atoms with Gasteiger partial charge in [0.15, 0.2) is 0 Å². The number of nitrogens with zero attached hydrogens (tertiary/aromatic N) is 2. The lowest BCUT2D eigenvalue weighted by atomic mass is 10.1. The lowest BCUT2D eigenvalue weighted by molar-refractivity contribution is 0.337. The SMILES string of the molecule is CN(CCC(N)=S)Cc1cnc2ccccc2c1. The van der Waals surface area contributed by atoms with Crippen LogP contribution in [0.3, 0.4) is 0 Å². The highest BCUT2D eigenvalue weighted by atomic mass is 32.1. The van der Waals surface area contributed by atoms with Gasteiger partial charge in [0.05, 0.1) is 10.5 Å². The van der Waals surface area contributed by atoms with Crippen LogP contribution in [0.1, 0.15) is 12.0 Å². The zero-order valence-electron chi connectivity index (χ0n) is 10.5. The van der Waals surface area contributed by atoms with E-state index in [1.807, 2.05) is 24.4 Å². The second-order valence-electron chi connectivity index (χ2n) is 4.49. The van der Waals surface area contributed by atoms with Gasteiger partial charge < -0.3 is 10.6 Å². The zero-order chi connectivity index (χ0) is 13.0. The van der Waals surface area contributed by atoms with Gasteiger partial charge in [-0.1, -0.05) is 30.4 Å². The summed E-state index contributed by atoms with van der Waals surface area (Å²) >= 11 is 4.88. The quantitative estimate of drug-likeness (QED) is 0.837. The molecular weight excluding hydrogens is 242 g/mol. The Hall–Kier alpha value is -1.52. The first-order valence-corrected chi connectivity index (χ1v) is 6.36. The average molecular weight is 259 g/mol. The van der Waals surface area contributed by atoms with Crippen molar-refractivity contribution < 1.29 is 0 Å². The predicted octanol–water partition coefficient (Wildman–Crippen LogP) is 2.34. The first kappa shape index (κ1) is 12.9. The van der Waals surface area contributed by atoms with E-state index >= 15 is 0 Å². The number of aromatic nitrogens is 1. The first-order valence-electron chi connectivity index (χ1n) is 5.95. The number of para-hydroxylation sites is 1. The Balaban J connectivity index is 2.05. The van der Waals surface area contributed by atoms with Crippen molar-refractivity contribution in [1.82, 2.24) is 9.88 Å². The molecule has 2 rings (SSSR count). The van der Waals surface area contributed by atoms with Crippen LogP contribution < -0.4 is 5.73 Å².